The van der Waals surface area contributed by atoms with Gasteiger partial charge in [-0.1, -0.05) is 19.9 Å². The van der Waals surface area contributed by atoms with E-state index >= 15 is 0 Å². The maximum atomic E-state index is 14.2. The van der Waals surface area contributed by atoms with Gasteiger partial charge in [0.25, 0.3) is 0 Å². The summed E-state index contributed by atoms with van der Waals surface area (Å²) in [5, 5.41) is 0. The standard InChI is InChI=1S/C15H22FNO/c1-10(2)13-5-6-15(14(16)7-13)17-8-11(3)18-12(4)9-17/h5-7,10-12H,8-9H2,1-4H3. The molecule has 0 N–H and O–H groups in total. The number of hydrogen-bond acceptors (Lipinski definition) is 2. The van der Waals surface area contributed by atoms with E-state index in [0.717, 1.165) is 18.7 Å². The fraction of sp³-hybridized carbons (Fsp3) is 0.600. The van der Waals surface area contributed by atoms with Crippen molar-refractivity contribution < 1.29 is 9.13 Å². The Balaban J connectivity index is 2.22. The Hall–Kier alpha value is -1.09. The van der Waals surface area contributed by atoms with Crippen LogP contribution in [0.25, 0.3) is 0 Å². The molecular weight excluding hydrogens is 229 g/mol. The van der Waals surface area contributed by atoms with Crippen molar-refractivity contribution >= 4 is 5.69 Å². The van der Waals surface area contributed by atoms with Gasteiger partial charge in [0.1, 0.15) is 5.82 Å². The average Bonchev–Trinajstić information content (AvgIpc) is 2.27. The molecule has 0 saturated carbocycles. The Bertz CT molecular complexity index is 409. The number of benzene rings is 1. The minimum absolute atomic E-state index is 0.123. The highest BCUT2D eigenvalue weighted by molar-refractivity contribution is 5.50. The SMILES string of the molecule is CC1CN(c2ccc(C(C)C)cc2F)CC(C)O1. The number of ether oxygens (including phenoxy) is 1. The largest absolute Gasteiger partial charge is 0.372 e. The van der Waals surface area contributed by atoms with Crippen molar-refractivity contribution in [2.75, 3.05) is 18.0 Å². The number of nitrogens with zero attached hydrogens (tertiary/aromatic N) is 1. The van der Waals surface area contributed by atoms with Crippen LogP contribution in [-0.2, 0) is 4.74 Å². The van der Waals surface area contributed by atoms with E-state index in [1.807, 2.05) is 26.0 Å². The quantitative estimate of drug-likeness (QED) is 0.797. The maximum Gasteiger partial charge on any atom is 0.146 e. The minimum Gasteiger partial charge on any atom is -0.372 e. The van der Waals surface area contributed by atoms with Crippen LogP contribution >= 0.6 is 0 Å². The Morgan fingerprint density at radius 1 is 1.22 bits per heavy atom. The summed E-state index contributed by atoms with van der Waals surface area (Å²) in [6.07, 6.45) is 0.302. The highest BCUT2D eigenvalue weighted by Crippen LogP contribution is 2.26. The van der Waals surface area contributed by atoms with Crippen LogP contribution in [0.1, 0.15) is 39.2 Å². The molecule has 0 radical (unpaired) electrons. The predicted molar refractivity (Wildman–Crippen MR) is 72.7 cm³/mol. The van der Waals surface area contributed by atoms with Crippen LogP contribution < -0.4 is 4.90 Å². The lowest BCUT2D eigenvalue weighted by Crippen LogP contribution is -2.45. The first kappa shape index (κ1) is 13.3. The van der Waals surface area contributed by atoms with Crippen LogP contribution in [0.4, 0.5) is 10.1 Å². The zero-order valence-electron chi connectivity index (χ0n) is 11.6. The van der Waals surface area contributed by atoms with Crippen molar-refractivity contribution in [1.29, 1.82) is 0 Å². The van der Waals surface area contributed by atoms with E-state index in [1.165, 1.54) is 0 Å². The lowest BCUT2D eigenvalue weighted by Gasteiger charge is -2.37. The fourth-order valence-corrected chi connectivity index (χ4v) is 2.51. The van der Waals surface area contributed by atoms with Gasteiger partial charge in [-0.3, -0.25) is 0 Å². The number of anilines is 1. The van der Waals surface area contributed by atoms with Crippen molar-refractivity contribution in [1.82, 2.24) is 0 Å². The molecular formula is C15H22FNO. The number of rotatable bonds is 2. The lowest BCUT2D eigenvalue weighted by atomic mass is 10.0. The molecule has 1 aromatic carbocycles. The van der Waals surface area contributed by atoms with Crippen LogP contribution in [0.5, 0.6) is 0 Å². The second kappa shape index (κ2) is 5.27. The van der Waals surface area contributed by atoms with Crippen molar-refractivity contribution in [2.24, 2.45) is 0 Å². The molecule has 0 aromatic heterocycles. The third-order valence-corrected chi connectivity index (χ3v) is 3.40. The molecule has 1 aromatic rings. The molecule has 1 aliphatic heterocycles. The molecule has 2 nitrogen and oxygen atoms in total. The second-order valence-electron chi connectivity index (χ2n) is 5.53. The van der Waals surface area contributed by atoms with E-state index < -0.39 is 0 Å². The minimum atomic E-state index is -0.123. The van der Waals surface area contributed by atoms with Gasteiger partial charge in [-0.15, -0.1) is 0 Å². The van der Waals surface area contributed by atoms with Gasteiger partial charge in [0.05, 0.1) is 17.9 Å². The molecule has 3 heteroatoms. The zero-order valence-corrected chi connectivity index (χ0v) is 11.6. The maximum absolute atomic E-state index is 14.2. The molecule has 0 spiro atoms. The lowest BCUT2D eigenvalue weighted by molar-refractivity contribution is -0.00539. The summed E-state index contributed by atoms with van der Waals surface area (Å²) in [6, 6.07) is 5.58. The van der Waals surface area contributed by atoms with Crippen molar-refractivity contribution in [3.63, 3.8) is 0 Å². The van der Waals surface area contributed by atoms with Gasteiger partial charge >= 0.3 is 0 Å². The number of morpholine rings is 1. The summed E-state index contributed by atoms with van der Waals surface area (Å²) < 4.78 is 19.8. The molecule has 1 heterocycles. The van der Waals surface area contributed by atoms with Gasteiger partial charge < -0.3 is 9.64 Å². The molecule has 100 valence electrons. The third-order valence-electron chi connectivity index (χ3n) is 3.40. The monoisotopic (exact) mass is 251 g/mol. The Labute approximate surface area is 109 Å². The first-order valence-corrected chi connectivity index (χ1v) is 6.67. The van der Waals surface area contributed by atoms with Crippen LogP contribution in [0.3, 0.4) is 0 Å². The van der Waals surface area contributed by atoms with Crippen molar-refractivity contribution in [2.45, 2.75) is 45.8 Å². The Morgan fingerprint density at radius 3 is 2.33 bits per heavy atom. The zero-order chi connectivity index (χ0) is 13.3. The van der Waals surface area contributed by atoms with E-state index in [2.05, 4.69) is 18.7 Å². The average molecular weight is 251 g/mol. The van der Waals surface area contributed by atoms with E-state index in [4.69, 9.17) is 4.74 Å². The van der Waals surface area contributed by atoms with Gasteiger partial charge in [0.2, 0.25) is 0 Å². The second-order valence-corrected chi connectivity index (χ2v) is 5.53. The van der Waals surface area contributed by atoms with Crippen molar-refractivity contribution in [3.05, 3.63) is 29.6 Å². The van der Waals surface area contributed by atoms with Gasteiger partial charge in [-0.2, -0.15) is 0 Å². The molecule has 1 aliphatic rings. The van der Waals surface area contributed by atoms with Gasteiger partial charge in [-0.25, -0.2) is 4.39 Å². The van der Waals surface area contributed by atoms with E-state index in [9.17, 15) is 4.39 Å². The summed E-state index contributed by atoms with van der Waals surface area (Å²) in [6.45, 7) is 9.72. The molecule has 0 bridgehead atoms. The summed E-state index contributed by atoms with van der Waals surface area (Å²) in [5.41, 5.74) is 1.74. The van der Waals surface area contributed by atoms with E-state index in [-0.39, 0.29) is 18.0 Å². The normalized spacial score (nSPS) is 24.7. The number of halogens is 1. The fourth-order valence-electron chi connectivity index (χ4n) is 2.51. The summed E-state index contributed by atoms with van der Waals surface area (Å²) in [5.74, 6) is 0.235. The summed E-state index contributed by atoms with van der Waals surface area (Å²) >= 11 is 0. The molecule has 1 saturated heterocycles. The topological polar surface area (TPSA) is 12.5 Å². The molecule has 2 rings (SSSR count). The van der Waals surface area contributed by atoms with Crippen LogP contribution in [0, 0.1) is 5.82 Å². The number of hydrogen-bond donors (Lipinski definition) is 0. The Kier molecular flexibility index (Phi) is 3.91. The van der Waals surface area contributed by atoms with E-state index in [1.54, 1.807) is 6.07 Å². The molecule has 2 unspecified atom stereocenters. The van der Waals surface area contributed by atoms with Gasteiger partial charge in [0, 0.05) is 13.1 Å². The molecule has 0 aliphatic carbocycles. The van der Waals surface area contributed by atoms with E-state index in [0.29, 0.717) is 11.6 Å². The van der Waals surface area contributed by atoms with Gasteiger partial charge in [-0.05, 0) is 37.5 Å². The first-order chi connectivity index (χ1) is 8.47. The predicted octanol–water partition coefficient (Wildman–Crippen LogP) is 3.56. The van der Waals surface area contributed by atoms with Crippen molar-refractivity contribution in [3.8, 4) is 0 Å². The molecule has 2 atom stereocenters. The van der Waals surface area contributed by atoms with Crippen LogP contribution in [0.2, 0.25) is 0 Å². The molecule has 0 amide bonds. The summed E-state index contributed by atoms with van der Waals surface area (Å²) in [7, 11) is 0. The highest BCUT2D eigenvalue weighted by Gasteiger charge is 2.24. The Morgan fingerprint density at radius 2 is 1.83 bits per heavy atom. The summed E-state index contributed by atoms with van der Waals surface area (Å²) in [4.78, 5) is 2.08. The van der Waals surface area contributed by atoms with Gasteiger partial charge in [0.15, 0.2) is 0 Å². The highest BCUT2D eigenvalue weighted by atomic mass is 19.1. The smallest absolute Gasteiger partial charge is 0.146 e. The van der Waals surface area contributed by atoms with Crippen LogP contribution in [-0.4, -0.2) is 25.3 Å². The molecule has 1 fully saturated rings. The first-order valence-electron chi connectivity index (χ1n) is 6.67. The molecule has 18 heavy (non-hydrogen) atoms. The van der Waals surface area contributed by atoms with Crippen LogP contribution in [0.15, 0.2) is 18.2 Å². The third kappa shape index (κ3) is 2.83.